The van der Waals surface area contributed by atoms with E-state index < -0.39 is 0 Å². The molecule has 31 heavy (non-hydrogen) atoms. The topological polar surface area (TPSA) is 75.2 Å². The smallest absolute Gasteiger partial charge is 0.243 e. The molecule has 170 valence electrons. The van der Waals surface area contributed by atoms with Crippen LogP contribution in [0.25, 0.3) is 0 Å². The lowest BCUT2D eigenvalue weighted by Gasteiger charge is -2.15. The first-order valence-corrected chi connectivity index (χ1v) is 10.8. The van der Waals surface area contributed by atoms with Crippen molar-refractivity contribution in [2.24, 2.45) is 4.99 Å². The quantitative estimate of drug-likeness (QED) is 0.151. The molecule has 9 heteroatoms. The van der Waals surface area contributed by atoms with E-state index in [-0.39, 0.29) is 36.4 Å². The minimum absolute atomic E-state index is 0. The number of hydrogen-bond acceptors (Lipinski definition) is 5. The SMILES string of the molecule is CCOc1ccc(NC(=NCC(=O)N(C)C)NCCSc2ccccc2)cc1OC.I. The molecule has 7 nitrogen and oxygen atoms in total. The molecule has 2 N–H and O–H groups in total. The predicted molar refractivity (Wildman–Crippen MR) is 139 cm³/mol. The molecule has 0 bridgehead atoms. The van der Waals surface area contributed by atoms with E-state index in [2.05, 4.69) is 27.8 Å². The summed E-state index contributed by atoms with van der Waals surface area (Å²) in [5.74, 6) is 2.63. The zero-order valence-corrected chi connectivity index (χ0v) is 21.5. The molecule has 1 amide bonds. The second-order valence-electron chi connectivity index (χ2n) is 6.46. The molecule has 0 aliphatic heterocycles. The van der Waals surface area contributed by atoms with Gasteiger partial charge in [-0.1, -0.05) is 18.2 Å². The van der Waals surface area contributed by atoms with Crippen LogP contribution in [-0.2, 0) is 4.79 Å². The maximum absolute atomic E-state index is 12.0. The summed E-state index contributed by atoms with van der Waals surface area (Å²) < 4.78 is 11.0. The molecule has 2 aromatic carbocycles. The van der Waals surface area contributed by atoms with Crippen molar-refractivity contribution >= 4 is 53.3 Å². The normalized spacial score (nSPS) is 10.6. The third kappa shape index (κ3) is 9.69. The molecule has 0 saturated heterocycles. The second-order valence-corrected chi connectivity index (χ2v) is 7.63. The fourth-order valence-corrected chi connectivity index (χ4v) is 3.23. The summed E-state index contributed by atoms with van der Waals surface area (Å²) in [6, 6.07) is 15.8. The number of nitrogens with one attached hydrogen (secondary N) is 2. The van der Waals surface area contributed by atoms with E-state index in [1.54, 1.807) is 33.0 Å². The van der Waals surface area contributed by atoms with Gasteiger partial charge in [0.15, 0.2) is 17.5 Å². The predicted octanol–water partition coefficient (Wildman–Crippen LogP) is 3.95. The summed E-state index contributed by atoms with van der Waals surface area (Å²) in [6.07, 6.45) is 0. The summed E-state index contributed by atoms with van der Waals surface area (Å²) in [5, 5.41) is 6.52. The molecule has 0 aliphatic rings. The monoisotopic (exact) mass is 558 g/mol. The highest BCUT2D eigenvalue weighted by Crippen LogP contribution is 2.30. The largest absolute Gasteiger partial charge is 0.493 e. The molecule has 0 heterocycles. The van der Waals surface area contributed by atoms with Crippen LogP contribution >= 0.6 is 35.7 Å². The van der Waals surface area contributed by atoms with Gasteiger partial charge in [0, 0.05) is 43.0 Å². The van der Waals surface area contributed by atoms with Crippen molar-refractivity contribution in [3.8, 4) is 11.5 Å². The zero-order chi connectivity index (χ0) is 21.8. The number of methoxy groups -OCH3 is 1. The van der Waals surface area contributed by atoms with Crippen molar-refractivity contribution in [2.45, 2.75) is 11.8 Å². The number of aliphatic imine (C=N–C) groups is 1. The number of likely N-dealkylation sites (N-methyl/N-ethyl adjacent to an activating group) is 1. The first-order valence-electron chi connectivity index (χ1n) is 9.77. The Balaban J connectivity index is 0.00000480. The molecule has 0 saturated carbocycles. The van der Waals surface area contributed by atoms with E-state index in [4.69, 9.17) is 9.47 Å². The average Bonchev–Trinajstić information content (AvgIpc) is 2.76. The number of carbonyl (C=O) groups is 1. The van der Waals surface area contributed by atoms with Crippen molar-refractivity contribution in [1.82, 2.24) is 10.2 Å². The van der Waals surface area contributed by atoms with Crippen molar-refractivity contribution in [3.05, 3.63) is 48.5 Å². The summed E-state index contributed by atoms with van der Waals surface area (Å²) in [6.45, 7) is 3.23. The lowest BCUT2D eigenvalue weighted by Crippen LogP contribution is -2.34. The third-order valence-corrected chi connectivity index (χ3v) is 5.02. The zero-order valence-electron chi connectivity index (χ0n) is 18.4. The van der Waals surface area contributed by atoms with Gasteiger partial charge in [-0.05, 0) is 31.2 Å². The Morgan fingerprint density at radius 2 is 1.87 bits per heavy atom. The first kappa shape index (κ1) is 26.9. The van der Waals surface area contributed by atoms with Gasteiger partial charge in [0.05, 0.1) is 13.7 Å². The van der Waals surface area contributed by atoms with E-state index in [1.165, 1.54) is 9.80 Å². The van der Waals surface area contributed by atoms with Crippen molar-refractivity contribution in [3.63, 3.8) is 0 Å². The highest BCUT2D eigenvalue weighted by molar-refractivity contribution is 14.0. The molecular weight excluding hydrogens is 527 g/mol. The Bertz CT molecular complexity index is 835. The summed E-state index contributed by atoms with van der Waals surface area (Å²) >= 11 is 1.75. The highest BCUT2D eigenvalue weighted by Gasteiger charge is 2.09. The molecule has 0 aliphatic carbocycles. The maximum atomic E-state index is 12.0. The van der Waals surface area contributed by atoms with E-state index >= 15 is 0 Å². The number of benzene rings is 2. The summed E-state index contributed by atoms with van der Waals surface area (Å²) in [4.78, 5) is 19.1. The molecule has 2 rings (SSSR count). The van der Waals surface area contributed by atoms with Crippen LogP contribution in [0.2, 0.25) is 0 Å². The number of ether oxygens (including phenoxy) is 2. The Morgan fingerprint density at radius 1 is 1.13 bits per heavy atom. The van der Waals surface area contributed by atoms with Gasteiger partial charge in [0.1, 0.15) is 6.54 Å². The summed E-state index contributed by atoms with van der Waals surface area (Å²) in [5.41, 5.74) is 0.787. The Kier molecular flexibility index (Phi) is 12.8. The van der Waals surface area contributed by atoms with Crippen LogP contribution in [0.15, 0.2) is 58.4 Å². The van der Waals surface area contributed by atoms with Gasteiger partial charge in [-0.3, -0.25) is 4.79 Å². The lowest BCUT2D eigenvalue weighted by molar-refractivity contribution is -0.127. The Hall–Kier alpha value is -2.14. The van der Waals surface area contributed by atoms with Crippen LogP contribution < -0.4 is 20.1 Å². The van der Waals surface area contributed by atoms with Crippen molar-refractivity contribution in [1.29, 1.82) is 0 Å². The number of amides is 1. The van der Waals surface area contributed by atoms with Crippen molar-refractivity contribution in [2.75, 3.05) is 52.0 Å². The van der Waals surface area contributed by atoms with Gasteiger partial charge in [-0.2, -0.15) is 0 Å². The molecular formula is C22H31IN4O3S. The van der Waals surface area contributed by atoms with Crippen LogP contribution in [0.5, 0.6) is 11.5 Å². The molecule has 0 atom stereocenters. The van der Waals surface area contributed by atoms with Gasteiger partial charge < -0.3 is 25.0 Å². The number of thioether (sulfide) groups is 1. The average molecular weight is 558 g/mol. The second kappa shape index (κ2) is 14.8. The molecule has 0 spiro atoms. The van der Waals surface area contributed by atoms with Crippen LogP contribution in [0.4, 0.5) is 5.69 Å². The van der Waals surface area contributed by atoms with E-state index in [0.29, 0.717) is 30.6 Å². The number of carbonyl (C=O) groups excluding carboxylic acids is 1. The van der Waals surface area contributed by atoms with E-state index in [1.807, 2.05) is 43.3 Å². The Morgan fingerprint density at radius 3 is 2.52 bits per heavy atom. The Labute approximate surface area is 206 Å². The van der Waals surface area contributed by atoms with Crippen LogP contribution in [0, 0.1) is 0 Å². The number of guanidine groups is 1. The van der Waals surface area contributed by atoms with E-state index in [0.717, 1.165) is 11.4 Å². The molecule has 0 radical (unpaired) electrons. The van der Waals surface area contributed by atoms with Gasteiger partial charge >= 0.3 is 0 Å². The fourth-order valence-electron chi connectivity index (χ4n) is 2.44. The molecule has 0 fully saturated rings. The van der Waals surface area contributed by atoms with Gasteiger partial charge in [0.2, 0.25) is 5.91 Å². The lowest BCUT2D eigenvalue weighted by atomic mass is 10.2. The van der Waals surface area contributed by atoms with Gasteiger partial charge in [-0.25, -0.2) is 4.99 Å². The molecule has 0 unspecified atom stereocenters. The summed E-state index contributed by atoms with van der Waals surface area (Å²) in [7, 11) is 5.03. The maximum Gasteiger partial charge on any atom is 0.243 e. The highest BCUT2D eigenvalue weighted by atomic mass is 127. The fraction of sp³-hybridized carbons (Fsp3) is 0.364. The van der Waals surface area contributed by atoms with Crippen LogP contribution in [0.3, 0.4) is 0 Å². The van der Waals surface area contributed by atoms with Gasteiger partial charge in [0.25, 0.3) is 0 Å². The number of rotatable bonds is 10. The third-order valence-electron chi connectivity index (χ3n) is 4.00. The standard InChI is InChI=1S/C22H30N4O3S.HI/c1-5-29-19-12-11-17(15-20(19)28-4)25-22(24-16-21(27)26(2)3)23-13-14-30-18-9-7-6-8-10-18;/h6-12,15H,5,13-14,16H2,1-4H3,(H2,23,24,25);1H. The molecule has 2 aromatic rings. The number of hydrogen-bond donors (Lipinski definition) is 2. The van der Waals surface area contributed by atoms with Crippen LogP contribution in [-0.4, -0.2) is 63.4 Å². The minimum Gasteiger partial charge on any atom is -0.493 e. The number of anilines is 1. The number of nitrogens with zero attached hydrogens (tertiary/aromatic N) is 2. The first-order chi connectivity index (χ1) is 14.5. The van der Waals surface area contributed by atoms with Crippen molar-refractivity contribution < 1.29 is 14.3 Å². The van der Waals surface area contributed by atoms with Crippen LogP contribution in [0.1, 0.15) is 6.92 Å². The molecule has 0 aromatic heterocycles. The number of halogens is 1. The van der Waals surface area contributed by atoms with E-state index in [9.17, 15) is 4.79 Å². The van der Waals surface area contributed by atoms with Gasteiger partial charge in [-0.15, -0.1) is 35.7 Å². The minimum atomic E-state index is -0.0703.